The van der Waals surface area contributed by atoms with Gasteiger partial charge >= 0.3 is 6.18 Å². The van der Waals surface area contributed by atoms with Crippen LogP contribution in [0.25, 0.3) is 22.2 Å². The minimum Gasteiger partial charge on any atom is -0.353 e. The van der Waals surface area contributed by atoms with Crippen molar-refractivity contribution in [2.45, 2.75) is 6.18 Å². The molecule has 0 saturated carbocycles. The highest BCUT2D eigenvalue weighted by molar-refractivity contribution is 6.05. The predicted octanol–water partition coefficient (Wildman–Crippen LogP) is 4.94. The van der Waals surface area contributed by atoms with E-state index in [9.17, 15) is 26.7 Å². The van der Waals surface area contributed by atoms with E-state index in [4.69, 9.17) is 0 Å². The number of aldehydes is 1. The van der Waals surface area contributed by atoms with E-state index >= 15 is 0 Å². The molecule has 0 spiro atoms. The molecule has 0 aliphatic rings. The molecule has 0 bridgehead atoms. The number of alkyl halides is 3. The Morgan fingerprint density at radius 3 is 2.39 bits per heavy atom. The van der Waals surface area contributed by atoms with Crippen LogP contribution in [0.2, 0.25) is 0 Å². The SMILES string of the molecule is O=Cc1c(-c2ccc(F)cc2F)[nH]c2c(C(F)(F)F)cccc12. The lowest BCUT2D eigenvalue weighted by Crippen LogP contribution is -2.05. The van der Waals surface area contributed by atoms with E-state index in [1.165, 1.54) is 6.07 Å². The van der Waals surface area contributed by atoms with Gasteiger partial charge in [-0.3, -0.25) is 4.79 Å². The van der Waals surface area contributed by atoms with Crippen LogP contribution in [0, 0.1) is 11.6 Å². The Bertz CT molecular complexity index is 911. The third-order valence-electron chi connectivity index (χ3n) is 3.50. The average molecular weight is 325 g/mol. The summed E-state index contributed by atoms with van der Waals surface area (Å²) in [7, 11) is 0. The highest BCUT2D eigenvalue weighted by Gasteiger charge is 2.34. The van der Waals surface area contributed by atoms with Gasteiger partial charge in [0.25, 0.3) is 0 Å². The Balaban J connectivity index is 2.36. The lowest BCUT2D eigenvalue weighted by Gasteiger charge is -2.07. The molecule has 0 unspecified atom stereocenters. The summed E-state index contributed by atoms with van der Waals surface area (Å²) >= 11 is 0. The summed E-state index contributed by atoms with van der Waals surface area (Å²) in [6.45, 7) is 0. The first kappa shape index (κ1) is 15.2. The summed E-state index contributed by atoms with van der Waals surface area (Å²) < 4.78 is 66.1. The molecule has 1 heterocycles. The second-order valence-corrected chi connectivity index (χ2v) is 4.88. The molecule has 2 nitrogen and oxygen atoms in total. The van der Waals surface area contributed by atoms with E-state index in [-0.39, 0.29) is 27.7 Å². The van der Waals surface area contributed by atoms with Gasteiger partial charge in [0.15, 0.2) is 6.29 Å². The van der Waals surface area contributed by atoms with Gasteiger partial charge in [-0.2, -0.15) is 13.2 Å². The van der Waals surface area contributed by atoms with Gasteiger partial charge in [-0.05, 0) is 18.2 Å². The Labute approximate surface area is 126 Å². The number of para-hydroxylation sites is 1. The Morgan fingerprint density at radius 1 is 1.04 bits per heavy atom. The number of benzene rings is 2. The first-order chi connectivity index (χ1) is 10.8. The Morgan fingerprint density at radius 2 is 1.78 bits per heavy atom. The third-order valence-corrected chi connectivity index (χ3v) is 3.50. The van der Waals surface area contributed by atoms with Crippen LogP contribution in [-0.2, 0) is 6.18 Å². The number of hydrogen-bond acceptors (Lipinski definition) is 1. The molecule has 3 aromatic rings. The third kappa shape index (κ3) is 2.48. The zero-order valence-electron chi connectivity index (χ0n) is 11.3. The molecule has 118 valence electrons. The quantitative estimate of drug-likeness (QED) is 0.525. The monoisotopic (exact) mass is 325 g/mol. The molecule has 0 radical (unpaired) electrons. The van der Waals surface area contributed by atoms with Gasteiger partial charge in [0, 0.05) is 22.6 Å². The summed E-state index contributed by atoms with van der Waals surface area (Å²) in [6, 6.07) is 5.98. The zero-order chi connectivity index (χ0) is 16.8. The van der Waals surface area contributed by atoms with Crippen molar-refractivity contribution in [2.75, 3.05) is 0 Å². The Kier molecular flexibility index (Phi) is 3.43. The number of halogens is 5. The minimum absolute atomic E-state index is 0.0218. The van der Waals surface area contributed by atoms with Crippen molar-refractivity contribution in [1.29, 1.82) is 0 Å². The number of nitrogens with one attached hydrogen (secondary N) is 1. The molecule has 2 aromatic carbocycles. The number of carbonyl (C=O) groups excluding carboxylic acids is 1. The van der Waals surface area contributed by atoms with E-state index in [1.807, 2.05) is 0 Å². The van der Waals surface area contributed by atoms with Crippen molar-refractivity contribution in [3.63, 3.8) is 0 Å². The Hall–Kier alpha value is -2.70. The molecule has 1 aromatic heterocycles. The number of H-pyrrole nitrogens is 1. The van der Waals surface area contributed by atoms with Crippen LogP contribution in [0.5, 0.6) is 0 Å². The summed E-state index contributed by atoms with van der Waals surface area (Å²) in [5.41, 5.74) is -1.70. The molecular formula is C16H8F5NO. The first-order valence-electron chi connectivity index (χ1n) is 6.45. The minimum atomic E-state index is -4.64. The lowest BCUT2D eigenvalue weighted by molar-refractivity contribution is -0.136. The maximum atomic E-state index is 13.9. The molecule has 0 aliphatic heterocycles. The number of fused-ring (bicyclic) bond motifs is 1. The fourth-order valence-corrected chi connectivity index (χ4v) is 2.50. The molecule has 0 saturated heterocycles. The zero-order valence-corrected chi connectivity index (χ0v) is 11.3. The van der Waals surface area contributed by atoms with Crippen LogP contribution in [0.15, 0.2) is 36.4 Å². The van der Waals surface area contributed by atoms with Gasteiger partial charge in [0.05, 0.1) is 16.8 Å². The molecule has 3 rings (SSSR count). The van der Waals surface area contributed by atoms with E-state index in [0.29, 0.717) is 12.4 Å². The van der Waals surface area contributed by atoms with Gasteiger partial charge in [0.2, 0.25) is 0 Å². The van der Waals surface area contributed by atoms with E-state index in [1.54, 1.807) is 0 Å². The number of aromatic nitrogens is 1. The highest BCUT2D eigenvalue weighted by Crippen LogP contribution is 2.38. The van der Waals surface area contributed by atoms with E-state index in [0.717, 1.165) is 24.3 Å². The molecule has 0 atom stereocenters. The van der Waals surface area contributed by atoms with Gasteiger partial charge in [-0.1, -0.05) is 12.1 Å². The molecule has 0 aliphatic carbocycles. The van der Waals surface area contributed by atoms with E-state index in [2.05, 4.69) is 4.98 Å². The molecular weight excluding hydrogens is 317 g/mol. The van der Waals surface area contributed by atoms with Crippen molar-refractivity contribution in [3.05, 3.63) is 59.2 Å². The van der Waals surface area contributed by atoms with Gasteiger partial charge in [-0.25, -0.2) is 8.78 Å². The van der Waals surface area contributed by atoms with Crippen LogP contribution >= 0.6 is 0 Å². The standard InChI is InChI=1S/C16H8F5NO/c17-8-4-5-10(13(18)6-8)14-11(7-23)9-2-1-3-12(15(9)22-14)16(19,20)21/h1-7,22H. The van der Waals surface area contributed by atoms with Crippen molar-refractivity contribution < 1.29 is 26.7 Å². The van der Waals surface area contributed by atoms with Gasteiger partial charge in [-0.15, -0.1) is 0 Å². The van der Waals surface area contributed by atoms with Crippen LogP contribution < -0.4 is 0 Å². The largest absolute Gasteiger partial charge is 0.418 e. The molecule has 7 heteroatoms. The topological polar surface area (TPSA) is 32.9 Å². The summed E-state index contributed by atoms with van der Waals surface area (Å²) in [6.07, 6.45) is -4.29. The maximum Gasteiger partial charge on any atom is 0.418 e. The molecule has 0 fully saturated rings. The van der Waals surface area contributed by atoms with Crippen molar-refractivity contribution >= 4 is 17.2 Å². The van der Waals surface area contributed by atoms with Crippen LogP contribution in [0.3, 0.4) is 0 Å². The summed E-state index contributed by atoms with van der Waals surface area (Å²) in [5.74, 6) is -1.81. The second kappa shape index (κ2) is 5.19. The predicted molar refractivity (Wildman–Crippen MR) is 74.0 cm³/mol. The maximum absolute atomic E-state index is 13.9. The van der Waals surface area contributed by atoms with Gasteiger partial charge in [0.1, 0.15) is 11.6 Å². The van der Waals surface area contributed by atoms with Crippen LogP contribution in [-0.4, -0.2) is 11.3 Å². The summed E-state index contributed by atoms with van der Waals surface area (Å²) in [5, 5.41) is 0.0218. The van der Waals surface area contributed by atoms with Crippen molar-refractivity contribution in [1.82, 2.24) is 4.98 Å². The van der Waals surface area contributed by atoms with Crippen LogP contribution in [0.1, 0.15) is 15.9 Å². The molecule has 1 N–H and O–H groups in total. The number of rotatable bonds is 2. The second-order valence-electron chi connectivity index (χ2n) is 4.88. The number of hydrogen-bond donors (Lipinski definition) is 1. The fourth-order valence-electron chi connectivity index (χ4n) is 2.50. The van der Waals surface area contributed by atoms with Crippen LogP contribution in [0.4, 0.5) is 22.0 Å². The lowest BCUT2D eigenvalue weighted by atomic mass is 10.0. The first-order valence-corrected chi connectivity index (χ1v) is 6.45. The van der Waals surface area contributed by atoms with Crippen molar-refractivity contribution in [3.8, 4) is 11.3 Å². The molecule has 0 amide bonds. The van der Waals surface area contributed by atoms with Crippen molar-refractivity contribution in [2.24, 2.45) is 0 Å². The fraction of sp³-hybridized carbons (Fsp3) is 0.0625. The molecule has 23 heavy (non-hydrogen) atoms. The smallest absolute Gasteiger partial charge is 0.353 e. The normalized spacial score (nSPS) is 11.9. The highest BCUT2D eigenvalue weighted by atomic mass is 19.4. The average Bonchev–Trinajstić information content (AvgIpc) is 2.84. The van der Waals surface area contributed by atoms with Gasteiger partial charge < -0.3 is 4.98 Å². The number of aromatic amines is 1. The summed E-state index contributed by atoms with van der Waals surface area (Å²) in [4.78, 5) is 13.8. The number of carbonyl (C=O) groups is 1. The van der Waals surface area contributed by atoms with E-state index < -0.39 is 23.4 Å².